The van der Waals surface area contributed by atoms with Crippen LogP contribution in [0.4, 0.5) is 5.82 Å². The van der Waals surface area contributed by atoms with Crippen LogP contribution in [0.15, 0.2) is 42.5 Å². The molecule has 4 N–H and O–H groups in total. The van der Waals surface area contributed by atoms with E-state index in [1.54, 1.807) is 18.2 Å². The number of nitrogens with two attached hydrogens (primary N) is 1. The molecule has 2 atom stereocenters. The van der Waals surface area contributed by atoms with Crippen molar-refractivity contribution in [3.8, 4) is 17.1 Å². The van der Waals surface area contributed by atoms with Gasteiger partial charge in [-0.1, -0.05) is 44.0 Å². The molecule has 136 valence electrons. The van der Waals surface area contributed by atoms with Gasteiger partial charge >= 0.3 is 0 Å². The molecule has 0 aliphatic carbocycles. The van der Waals surface area contributed by atoms with Crippen LogP contribution in [0.1, 0.15) is 20.3 Å². The molecule has 0 spiro atoms. The molecule has 0 radical (unpaired) electrons. The summed E-state index contributed by atoms with van der Waals surface area (Å²) in [6, 6.07) is 12.6. The van der Waals surface area contributed by atoms with Gasteiger partial charge in [-0.3, -0.25) is 0 Å². The Morgan fingerprint density at radius 2 is 1.96 bits per heavy atom. The number of benzene rings is 2. The molecule has 1 aromatic heterocycles. The average molecular weight is 371 g/mol. The number of hydrogen-bond donors (Lipinski definition) is 3. The van der Waals surface area contributed by atoms with Crippen molar-refractivity contribution in [2.24, 2.45) is 11.7 Å². The van der Waals surface area contributed by atoms with E-state index in [1.807, 2.05) is 24.3 Å². The first-order valence-electron chi connectivity index (χ1n) is 8.74. The number of nitrogens with one attached hydrogen (secondary N) is 1. The summed E-state index contributed by atoms with van der Waals surface area (Å²) in [5.74, 6) is 1.62. The molecule has 0 saturated heterocycles. The molecule has 2 aromatic carbocycles. The molecule has 0 saturated carbocycles. The van der Waals surface area contributed by atoms with Crippen LogP contribution in [0.25, 0.3) is 22.3 Å². The SMILES string of the molecule is CC[C@@H](C)[C@H](N)CNc1nc(-c2cc(Cl)ccc2O)nc2ccccc12. The number of aromatic hydroxyl groups is 1. The highest BCUT2D eigenvalue weighted by atomic mass is 35.5. The Morgan fingerprint density at radius 1 is 1.19 bits per heavy atom. The Hall–Kier alpha value is -2.37. The van der Waals surface area contributed by atoms with E-state index in [0.717, 1.165) is 17.3 Å². The van der Waals surface area contributed by atoms with Crippen LogP contribution in [0, 0.1) is 5.92 Å². The number of nitrogens with zero attached hydrogens (tertiary/aromatic N) is 2. The molecule has 0 amide bonds. The van der Waals surface area contributed by atoms with Crippen molar-refractivity contribution >= 4 is 28.3 Å². The fraction of sp³-hybridized carbons (Fsp3) is 0.300. The normalized spacial score (nSPS) is 13.5. The molecule has 0 fully saturated rings. The second kappa shape index (κ2) is 7.89. The maximum atomic E-state index is 10.2. The molecular formula is C20H23ClN4O. The maximum Gasteiger partial charge on any atom is 0.165 e. The highest BCUT2D eigenvalue weighted by Crippen LogP contribution is 2.32. The van der Waals surface area contributed by atoms with E-state index in [9.17, 15) is 5.11 Å². The van der Waals surface area contributed by atoms with Crippen molar-refractivity contribution in [3.63, 3.8) is 0 Å². The van der Waals surface area contributed by atoms with Gasteiger partial charge in [-0.15, -0.1) is 0 Å². The number of rotatable bonds is 6. The van der Waals surface area contributed by atoms with Crippen LogP contribution in [0.5, 0.6) is 5.75 Å². The predicted octanol–water partition coefficient (Wildman–Crippen LogP) is 4.44. The zero-order valence-electron chi connectivity index (χ0n) is 14.9. The van der Waals surface area contributed by atoms with E-state index >= 15 is 0 Å². The van der Waals surface area contributed by atoms with Gasteiger partial charge in [0.15, 0.2) is 5.82 Å². The summed E-state index contributed by atoms with van der Waals surface area (Å²) in [5.41, 5.74) is 7.54. The van der Waals surface area contributed by atoms with Crippen molar-refractivity contribution < 1.29 is 5.11 Å². The first kappa shape index (κ1) is 18.4. The van der Waals surface area contributed by atoms with Crippen LogP contribution in [-0.2, 0) is 0 Å². The lowest BCUT2D eigenvalue weighted by molar-refractivity contribution is 0.457. The van der Waals surface area contributed by atoms with Crippen LogP contribution in [0.2, 0.25) is 5.02 Å². The third-order valence-corrected chi connectivity index (χ3v) is 4.92. The Labute approximate surface area is 158 Å². The Morgan fingerprint density at radius 3 is 2.73 bits per heavy atom. The Kier molecular flexibility index (Phi) is 5.59. The summed E-state index contributed by atoms with van der Waals surface area (Å²) in [4.78, 5) is 9.22. The second-order valence-corrected chi connectivity index (χ2v) is 6.94. The minimum atomic E-state index is 0.0248. The van der Waals surface area contributed by atoms with Crippen molar-refractivity contribution in [3.05, 3.63) is 47.5 Å². The molecule has 3 aromatic rings. The summed E-state index contributed by atoms with van der Waals surface area (Å²) in [7, 11) is 0. The Balaban J connectivity index is 2.03. The van der Waals surface area contributed by atoms with Gasteiger partial charge in [-0.2, -0.15) is 0 Å². The molecule has 0 aliphatic heterocycles. The zero-order valence-corrected chi connectivity index (χ0v) is 15.7. The molecule has 3 rings (SSSR count). The minimum absolute atomic E-state index is 0.0248. The molecule has 1 heterocycles. The van der Waals surface area contributed by atoms with Gasteiger partial charge in [0.05, 0.1) is 11.1 Å². The third-order valence-electron chi connectivity index (χ3n) is 4.68. The largest absolute Gasteiger partial charge is 0.507 e. The predicted molar refractivity (Wildman–Crippen MR) is 108 cm³/mol. The number of fused-ring (bicyclic) bond motifs is 1. The van der Waals surface area contributed by atoms with E-state index in [-0.39, 0.29) is 11.8 Å². The lowest BCUT2D eigenvalue weighted by atomic mass is 10.0. The summed E-state index contributed by atoms with van der Waals surface area (Å²) in [6.07, 6.45) is 1.02. The summed E-state index contributed by atoms with van der Waals surface area (Å²) in [6.45, 7) is 4.88. The first-order chi connectivity index (χ1) is 12.5. The lowest BCUT2D eigenvalue weighted by Gasteiger charge is -2.20. The van der Waals surface area contributed by atoms with Crippen molar-refractivity contribution in [1.82, 2.24) is 9.97 Å². The number of phenolic OH excluding ortho intramolecular Hbond substituents is 1. The van der Waals surface area contributed by atoms with Gasteiger partial charge in [0.25, 0.3) is 0 Å². The fourth-order valence-electron chi connectivity index (χ4n) is 2.74. The lowest BCUT2D eigenvalue weighted by Crippen LogP contribution is -2.35. The van der Waals surface area contributed by atoms with E-state index in [0.29, 0.717) is 34.7 Å². The molecule has 6 heteroatoms. The summed E-state index contributed by atoms with van der Waals surface area (Å²) < 4.78 is 0. The molecule has 0 aliphatic rings. The fourth-order valence-corrected chi connectivity index (χ4v) is 2.91. The van der Waals surface area contributed by atoms with Crippen molar-refractivity contribution in [2.75, 3.05) is 11.9 Å². The van der Waals surface area contributed by atoms with Gasteiger partial charge < -0.3 is 16.2 Å². The maximum absolute atomic E-state index is 10.2. The smallest absolute Gasteiger partial charge is 0.165 e. The molecule has 0 bridgehead atoms. The molecular weight excluding hydrogens is 348 g/mol. The molecule has 26 heavy (non-hydrogen) atoms. The van der Waals surface area contributed by atoms with Gasteiger partial charge in [0.2, 0.25) is 0 Å². The number of hydrogen-bond acceptors (Lipinski definition) is 5. The average Bonchev–Trinajstić information content (AvgIpc) is 2.66. The number of phenols is 1. The summed E-state index contributed by atoms with van der Waals surface area (Å²) >= 11 is 6.08. The van der Waals surface area contributed by atoms with Gasteiger partial charge in [-0.05, 0) is 36.2 Å². The number of anilines is 1. The quantitative estimate of drug-likeness (QED) is 0.597. The van der Waals surface area contributed by atoms with E-state index in [4.69, 9.17) is 17.3 Å². The topological polar surface area (TPSA) is 84.1 Å². The van der Waals surface area contributed by atoms with E-state index < -0.39 is 0 Å². The highest BCUT2D eigenvalue weighted by Gasteiger charge is 2.15. The second-order valence-electron chi connectivity index (χ2n) is 6.50. The van der Waals surface area contributed by atoms with E-state index in [1.165, 1.54) is 0 Å². The number of halogens is 1. The van der Waals surface area contributed by atoms with Crippen molar-refractivity contribution in [2.45, 2.75) is 26.3 Å². The number of para-hydroxylation sites is 1. The number of aromatic nitrogens is 2. The van der Waals surface area contributed by atoms with Gasteiger partial charge in [0.1, 0.15) is 11.6 Å². The minimum Gasteiger partial charge on any atom is -0.507 e. The highest BCUT2D eigenvalue weighted by molar-refractivity contribution is 6.30. The van der Waals surface area contributed by atoms with Crippen LogP contribution >= 0.6 is 11.6 Å². The molecule has 0 unspecified atom stereocenters. The summed E-state index contributed by atoms with van der Waals surface area (Å²) in [5, 5.41) is 15.0. The monoisotopic (exact) mass is 370 g/mol. The van der Waals surface area contributed by atoms with Gasteiger partial charge in [0, 0.05) is 23.0 Å². The van der Waals surface area contributed by atoms with Gasteiger partial charge in [-0.25, -0.2) is 9.97 Å². The van der Waals surface area contributed by atoms with Crippen LogP contribution < -0.4 is 11.1 Å². The van der Waals surface area contributed by atoms with Crippen LogP contribution in [-0.4, -0.2) is 27.7 Å². The standard InChI is InChI=1S/C20H23ClN4O/c1-3-12(2)16(22)11-23-19-14-6-4-5-7-17(14)24-20(25-19)15-10-13(21)8-9-18(15)26/h4-10,12,16,26H,3,11,22H2,1-2H3,(H,23,24,25)/t12-,16-/m1/s1. The third kappa shape index (κ3) is 3.89. The Bertz CT molecular complexity index is 915. The first-order valence-corrected chi connectivity index (χ1v) is 9.12. The van der Waals surface area contributed by atoms with Crippen molar-refractivity contribution in [1.29, 1.82) is 0 Å². The zero-order chi connectivity index (χ0) is 18.7. The van der Waals surface area contributed by atoms with Crippen LogP contribution in [0.3, 0.4) is 0 Å². The molecule has 5 nitrogen and oxygen atoms in total. The van der Waals surface area contributed by atoms with E-state index in [2.05, 4.69) is 29.1 Å².